The number of carbonyl (C=O) groups excluding carboxylic acids is 1. The van der Waals surface area contributed by atoms with Crippen LogP contribution in [-0.2, 0) is 9.53 Å². The lowest BCUT2D eigenvalue weighted by Crippen LogP contribution is -2.53. The number of piperidine rings is 1. The molecule has 1 atom stereocenters. The Kier molecular flexibility index (Phi) is 4.65. The molecule has 21 heavy (non-hydrogen) atoms. The Bertz CT molecular complexity index is 401. The molecule has 8 heteroatoms. The summed E-state index contributed by atoms with van der Waals surface area (Å²) < 4.78 is 31.3. The van der Waals surface area contributed by atoms with Crippen molar-refractivity contribution >= 4 is 12.0 Å². The number of amides is 2. The number of aliphatic carboxylic acids is 1. The van der Waals surface area contributed by atoms with Crippen LogP contribution >= 0.6 is 0 Å². The highest BCUT2D eigenvalue weighted by atomic mass is 19.3. The Labute approximate surface area is 121 Å². The third-order valence-electron chi connectivity index (χ3n) is 4.14. The molecule has 1 unspecified atom stereocenters. The number of hydrogen-bond acceptors (Lipinski definition) is 3. The number of ether oxygens (including phenoxy) is 1. The summed E-state index contributed by atoms with van der Waals surface area (Å²) in [5.41, 5.74) is -1.12. The molecule has 0 aliphatic carbocycles. The van der Waals surface area contributed by atoms with Crippen LogP contribution < -0.4 is 5.32 Å². The quantitative estimate of drug-likeness (QED) is 0.824. The minimum Gasteiger partial charge on any atom is -0.481 e. The van der Waals surface area contributed by atoms with Crippen molar-refractivity contribution in [3.05, 3.63) is 0 Å². The highest BCUT2D eigenvalue weighted by molar-refractivity contribution is 5.78. The van der Waals surface area contributed by atoms with Crippen molar-refractivity contribution in [1.82, 2.24) is 10.2 Å². The van der Waals surface area contributed by atoms with E-state index in [-0.39, 0.29) is 39.1 Å². The van der Waals surface area contributed by atoms with Crippen LogP contribution in [0, 0.1) is 5.41 Å². The van der Waals surface area contributed by atoms with E-state index in [4.69, 9.17) is 4.74 Å². The molecule has 2 aliphatic heterocycles. The minimum absolute atomic E-state index is 0.0184. The van der Waals surface area contributed by atoms with Crippen molar-refractivity contribution in [2.45, 2.75) is 31.6 Å². The summed E-state index contributed by atoms with van der Waals surface area (Å²) >= 11 is 0. The summed E-state index contributed by atoms with van der Waals surface area (Å²) in [5, 5.41) is 11.9. The van der Waals surface area contributed by atoms with Gasteiger partial charge in [-0.2, -0.15) is 0 Å². The van der Waals surface area contributed by atoms with Crippen molar-refractivity contribution < 1.29 is 28.2 Å². The molecule has 0 radical (unpaired) electrons. The van der Waals surface area contributed by atoms with Gasteiger partial charge in [-0.05, 0) is 12.8 Å². The van der Waals surface area contributed by atoms with Crippen LogP contribution in [0.15, 0.2) is 0 Å². The molecule has 6 nitrogen and oxygen atoms in total. The van der Waals surface area contributed by atoms with E-state index < -0.39 is 23.3 Å². The van der Waals surface area contributed by atoms with Gasteiger partial charge in [0, 0.05) is 39.1 Å². The topological polar surface area (TPSA) is 78.9 Å². The van der Waals surface area contributed by atoms with Crippen molar-refractivity contribution in [1.29, 1.82) is 0 Å². The number of hydrogen-bond donors (Lipinski definition) is 2. The Morgan fingerprint density at radius 1 is 1.24 bits per heavy atom. The lowest BCUT2D eigenvalue weighted by Gasteiger charge is -2.35. The molecule has 0 bridgehead atoms. The van der Waals surface area contributed by atoms with Gasteiger partial charge in [0.2, 0.25) is 0 Å². The summed E-state index contributed by atoms with van der Waals surface area (Å²) in [5.74, 6) is -3.72. The summed E-state index contributed by atoms with van der Waals surface area (Å²) in [4.78, 5) is 24.7. The largest absolute Gasteiger partial charge is 0.481 e. The van der Waals surface area contributed by atoms with E-state index in [1.54, 1.807) is 0 Å². The van der Waals surface area contributed by atoms with Crippen LogP contribution in [0.25, 0.3) is 0 Å². The van der Waals surface area contributed by atoms with Crippen molar-refractivity contribution in [3.8, 4) is 0 Å². The highest BCUT2D eigenvalue weighted by Gasteiger charge is 2.42. The van der Waals surface area contributed by atoms with E-state index in [0.717, 1.165) is 0 Å². The number of nitrogens with zero attached hydrogens (tertiary/aromatic N) is 1. The Morgan fingerprint density at radius 3 is 2.43 bits per heavy atom. The zero-order chi connectivity index (χ0) is 15.5. The fraction of sp³-hybridized carbons (Fsp3) is 0.846. The maximum Gasteiger partial charge on any atom is 0.317 e. The van der Waals surface area contributed by atoms with E-state index in [1.807, 2.05) is 0 Å². The summed E-state index contributed by atoms with van der Waals surface area (Å²) in [7, 11) is 0. The first-order chi connectivity index (χ1) is 9.85. The van der Waals surface area contributed by atoms with Gasteiger partial charge in [0.05, 0.1) is 6.61 Å². The van der Waals surface area contributed by atoms with E-state index in [9.17, 15) is 23.5 Å². The highest BCUT2D eigenvalue weighted by Crippen LogP contribution is 2.29. The van der Waals surface area contributed by atoms with Gasteiger partial charge in [0.1, 0.15) is 5.41 Å². The molecule has 2 fully saturated rings. The molecule has 0 aromatic rings. The van der Waals surface area contributed by atoms with Crippen molar-refractivity contribution in [2.75, 3.05) is 32.8 Å². The summed E-state index contributed by atoms with van der Waals surface area (Å²) in [6.45, 7) is 0.490. The van der Waals surface area contributed by atoms with Gasteiger partial charge in [-0.1, -0.05) is 0 Å². The maximum atomic E-state index is 13.0. The fourth-order valence-electron chi connectivity index (χ4n) is 2.63. The molecule has 0 aromatic carbocycles. The van der Waals surface area contributed by atoms with E-state index in [2.05, 4.69) is 5.32 Å². The molecule has 2 N–H and O–H groups in total. The smallest absolute Gasteiger partial charge is 0.317 e. The Morgan fingerprint density at radius 2 is 1.90 bits per heavy atom. The first kappa shape index (κ1) is 15.9. The molecule has 2 amide bonds. The third-order valence-corrected chi connectivity index (χ3v) is 4.14. The molecule has 2 aliphatic rings. The van der Waals surface area contributed by atoms with E-state index in [1.165, 1.54) is 4.90 Å². The monoisotopic (exact) mass is 306 g/mol. The summed E-state index contributed by atoms with van der Waals surface area (Å²) in [6, 6.07) is -0.489. The average Bonchev–Trinajstić information content (AvgIpc) is 2.45. The molecule has 0 aromatic heterocycles. The molecule has 2 rings (SSSR count). The van der Waals surface area contributed by atoms with Crippen LogP contribution in [0.5, 0.6) is 0 Å². The van der Waals surface area contributed by atoms with Crippen LogP contribution in [0.2, 0.25) is 0 Å². The predicted octanol–water partition coefficient (Wildman–Crippen LogP) is 1.31. The third kappa shape index (κ3) is 3.81. The van der Waals surface area contributed by atoms with Crippen LogP contribution in [0.1, 0.15) is 25.7 Å². The predicted molar refractivity (Wildman–Crippen MR) is 69.3 cm³/mol. The van der Waals surface area contributed by atoms with Gasteiger partial charge >= 0.3 is 12.0 Å². The SMILES string of the molecule is O=C(NCC1(C(=O)O)CCCOC1)N1CCC(F)(F)CC1. The lowest BCUT2D eigenvalue weighted by molar-refractivity contribution is -0.156. The lowest BCUT2D eigenvalue weighted by atomic mass is 9.82. The van der Waals surface area contributed by atoms with Crippen molar-refractivity contribution in [3.63, 3.8) is 0 Å². The van der Waals surface area contributed by atoms with E-state index in [0.29, 0.717) is 19.4 Å². The first-order valence-electron chi connectivity index (χ1n) is 7.06. The van der Waals surface area contributed by atoms with Gasteiger partial charge in [0.15, 0.2) is 0 Å². The first-order valence-corrected chi connectivity index (χ1v) is 7.06. The summed E-state index contributed by atoms with van der Waals surface area (Å²) in [6.07, 6.45) is 0.347. The van der Waals surface area contributed by atoms with Gasteiger partial charge in [-0.15, -0.1) is 0 Å². The number of nitrogens with one attached hydrogen (secondary N) is 1. The average molecular weight is 306 g/mol. The molecule has 120 valence electrons. The van der Waals surface area contributed by atoms with Crippen LogP contribution in [0.3, 0.4) is 0 Å². The zero-order valence-electron chi connectivity index (χ0n) is 11.7. The number of alkyl halides is 2. The number of likely N-dealkylation sites (tertiary alicyclic amines) is 1. The molecule has 0 saturated carbocycles. The number of carboxylic acid groups (broad SMARTS) is 1. The maximum absolute atomic E-state index is 13.0. The molecular formula is C13H20F2N2O4. The van der Waals surface area contributed by atoms with Crippen LogP contribution in [-0.4, -0.2) is 60.8 Å². The fourth-order valence-corrected chi connectivity index (χ4v) is 2.63. The molecule has 0 spiro atoms. The minimum atomic E-state index is -2.71. The normalized spacial score (nSPS) is 29.0. The molecule has 2 saturated heterocycles. The molecule has 2 heterocycles. The van der Waals surface area contributed by atoms with Gasteiger partial charge in [-0.3, -0.25) is 4.79 Å². The number of carboxylic acids is 1. The van der Waals surface area contributed by atoms with Gasteiger partial charge < -0.3 is 20.1 Å². The second-order valence-corrected chi connectivity index (χ2v) is 5.74. The number of halogens is 2. The number of rotatable bonds is 3. The van der Waals surface area contributed by atoms with Gasteiger partial charge in [0.25, 0.3) is 5.92 Å². The second-order valence-electron chi connectivity index (χ2n) is 5.74. The Hall–Kier alpha value is -1.44. The van der Waals surface area contributed by atoms with Crippen LogP contribution in [0.4, 0.5) is 13.6 Å². The molecular weight excluding hydrogens is 286 g/mol. The second kappa shape index (κ2) is 6.13. The van der Waals surface area contributed by atoms with Gasteiger partial charge in [-0.25, -0.2) is 13.6 Å². The number of carbonyl (C=O) groups is 2. The zero-order valence-corrected chi connectivity index (χ0v) is 11.7. The number of urea groups is 1. The van der Waals surface area contributed by atoms with Crippen molar-refractivity contribution in [2.24, 2.45) is 5.41 Å². The Balaban J connectivity index is 1.86. The van der Waals surface area contributed by atoms with E-state index >= 15 is 0 Å². The standard InChI is InChI=1S/C13H20F2N2O4/c14-13(15)3-5-17(6-4-13)11(20)16-8-12(10(18)19)2-1-7-21-9-12/h1-9H2,(H,16,20)(H,18,19).